The van der Waals surface area contributed by atoms with Gasteiger partial charge in [-0.2, -0.15) is 0 Å². The third kappa shape index (κ3) is 4.50. The van der Waals surface area contributed by atoms with Crippen LogP contribution in [0.25, 0.3) is 16.9 Å². The van der Waals surface area contributed by atoms with Crippen molar-refractivity contribution in [2.45, 2.75) is 51.5 Å². The van der Waals surface area contributed by atoms with Gasteiger partial charge in [0.25, 0.3) is 5.56 Å². The summed E-state index contributed by atoms with van der Waals surface area (Å²) in [6.45, 7) is 6.53. The fourth-order valence-corrected chi connectivity index (χ4v) is 6.02. The van der Waals surface area contributed by atoms with E-state index in [1.54, 1.807) is 16.0 Å². The highest BCUT2D eigenvalue weighted by molar-refractivity contribution is 7.07. The predicted molar refractivity (Wildman–Crippen MR) is 145 cm³/mol. The van der Waals surface area contributed by atoms with Crippen LogP contribution in [-0.2, 0) is 13.6 Å². The Morgan fingerprint density at radius 2 is 1.77 bits per heavy atom. The third-order valence-corrected chi connectivity index (χ3v) is 7.99. The first-order chi connectivity index (χ1) is 17.1. The number of allylic oxidation sites excluding steroid dienone is 1. The monoisotopic (exact) mass is 484 g/mol. The molecule has 1 fully saturated rings. The van der Waals surface area contributed by atoms with Crippen molar-refractivity contribution in [1.82, 2.24) is 13.9 Å². The summed E-state index contributed by atoms with van der Waals surface area (Å²) in [5, 5.41) is 2.13. The molecule has 0 radical (unpaired) electrons. The van der Waals surface area contributed by atoms with Crippen molar-refractivity contribution in [3.05, 3.63) is 99.0 Å². The van der Waals surface area contributed by atoms with E-state index in [2.05, 4.69) is 40.8 Å². The summed E-state index contributed by atoms with van der Waals surface area (Å²) in [4.78, 5) is 19.0. The molecule has 1 aliphatic carbocycles. The Bertz CT molecular complexity index is 1450. The van der Waals surface area contributed by atoms with Gasteiger partial charge in [0.15, 0.2) is 10.5 Å². The first-order valence-corrected chi connectivity index (χ1v) is 13.2. The molecule has 0 bridgehead atoms. The number of benzene rings is 2. The van der Waals surface area contributed by atoms with Crippen molar-refractivity contribution in [3.63, 3.8) is 0 Å². The first-order valence-electron chi connectivity index (χ1n) is 12.4. The molecule has 2 heterocycles. The van der Waals surface area contributed by atoms with Gasteiger partial charge >= 0.3 is 0 Å². The largest absolute Gasteiger partial charge is 0.313 e. The summed E-state index contributed by atoms with van der Waals surface area (Å²) >= 11 is 1.56. The van der Waals surface area contributed by atoms with Crippen molar-refractivity contribution in [1.29, 1.82) is 0 Å². The van der Waals surface area contributed by atoms with Gasteiger partial charge in [0.2, 0.25) is 0 Å². The molecule has 0 spiro atoms. The van der Waals surface area contributed by atoms with Gasteiger partial charge in [-0.1, -0.05) is 67.8 Å². The van der Waals surface area contributed by atoms with E-state index in [1.807, 2.05) is 55.1 Å². The van der Waals surface area contributed by atoms with E-state index >= 15 is 0 Å². The minimum atomic E-state index is -0.117. The van der Waals surface area contributed by atoms with E-state index in [1.165, 1.54) is 37.7 Å². The maximum absolute atomic E-state index is 13.4. The summed E-state index contributed by atoms with van der Waals surface area (Å²) in [7, 11) is 1.90. The normalized spacial score (nSPS) is 15.0. The molecule has 0 unspecified atom stereocenters. The van der Waals surface area contributed by atoms with Crippen LogP contribution in [0.5, 0.6) is 0 Å². The van der Waals surface area contributed by atoms with Gasteiger partial charge in [0.1, 0.15) is 0 Å². The lowest BCUT2D eigenvalue weighted by atomic mass is 9.84. The van der Waals surface area contributed by atoms with Crippen LogP contribution in [0.4, 0.5) is 5.69 Å². The van der Waals surface area contributed by atoms with E-state index in [0.717, 1.165) is 27.4 Å². The molecule has 6 heteroatoms. The van der Waals surface area contributed by atoms with Crippen LogP contribution in [0.1, 0.15) is 49.3 Å². The molecule has 2 aromatic heterocycles. The van der Waals surface area contributed by atoms with E-state index in [0.29, 0.717) is 18.2 Å². The van der Waals surface area contributed by atoms with E-state index in [4.69, 9.17) is 4.99 Å². The Kier molecular flexibility index (Phi) is 6.73. The molecule has 180 valence electrons. The van der Waals surface area contributed by atoms with Crippen LogP contribution >= 0.6 is 11.3 Å². The average molecular weight is 485 g/mol. The number of hydrogen-bond donors (Lipinski definition) is 0. The zero-order valence-electron chi connectivity index (χ0n) is 20.5. The minimum absolute atomic E-state index is 0.117. The molecule has 5 rings (SSSR count). The SMILES string of the molecule is C=CCn1c(-c2ccc(C3CCCCC3)cc2)csc1=Nc1c(C)n(C)n(-c2ccccc2)c1=O. The van der Waals surface area contributed by atoms with Gasteiger partial charge in [-0.05, 0) is 48.9 Å². The minimum Gasteiger partial charge on any atom is -0.313 e. The second-order valence-electron chi connectivity index (χ2n) is 9.28. The number of thiazole rings is 1. The van der Waals surface area contributed by atoms with Crippen LogP contribution in [-0.4, -0.2) is 13.9 Å². The van der Waals surface area contributed by atoms with E-state index in [-0.39, 0.29) is 5.56 Å². The highest BCUT2D eigenvalue weighted by atomic mass is 32.1. The molecule has 0 amide bonds. The van der Waals surface area contributed by atoms with Crippen molar-refractivity contribution < 1.29 is 0 Å². The number of aromatic nitrogens is 3. The quantitative estimate of drug-likeness (QED) is 0.289. The Labute approximate surface area is 210 Å². The van der Waals surface area contributed by atoms with Crippen LogP contribution in [0, 0.1) is 6.92 Å². The zero-order chi connectivity index (χ0) is 24.4. The van der Waals surface area contributed by atoms with Crippen molar-refractivity contribution in [3.8, 4) is 16.9 Å². The van der Waals surface area contributed by atoms with Crippen LogP contribution in [0.3, 0.4) is 0 Å². The van der Waals surface area contributed by atoms with Gasteiger partial charge in [-0.3, -0.25) is 9.48 Å². The fraction of sp³-hybridized carbons (Fsp3) is 0.310. The van der Waals surface area contributed by atoms with Gasteiger partial charge in [0, 0.05) is 19.0 Å². The molecule has 4 aromatic rings. The van der Waals surface area contributed by atoms with Crippen molar-refractivity contribution in [2.75, 3.05) is 0 Å². The van der Waals surface area contributed by atoms with Gasteiger partial charge in [-0.15, -0.1) is 17.9 Å². The second kappa shape index (κ2) is 10.1. The Balaban J connectivity index is 1.55. The Hall–Kier alpha value is -3.38. The molecule has 2 aromatic carbocycles. The highest BCUT2D eigenvalue weighted by Crippen LogP contribution is 2.33. The van der Waals surface area contributed by atoms with Crippen molar-refractivity contribution in [2.24, 2.45) is 12.0 Å². The molecule has 1 aliphatic rings. The second-order valence-corrected chi connectivity index (χ2v) is 10.1. The standard InChI is InChI=1S/C29H32N4OS/c1-4-19-32-26(24-17-15-23(16-18-24)22-11-7-5-8-12-22)20-35-29(32)30-27-21(2)31(3)33(28(27)34)25-13-9-6-10-14-25/h4,6,9-10,13-18,20,22H,1,5,7-8,11-12,19H2,2-3H3. The van der Waals surface area contributed by atoms with Crippen LogP contribution in [0.2, 0.25) is 0 Å². The third-order valence-electron chi connectivity index (χ3n) is 7.12. The average Bonchev–Trinajstić information content (AvgIpc) is 3.39. The molecule has 1 saturated carbocycles. The molecule has 0 atom stereocenters. The van der Waals surface area contributed by atoms with E-state index < -0.39 is 0 Å². The molecular formula is C29H32N4OS. The topological polar surface area (TPSA) is 44.2 Å². The Morgan fingerprint density at radius 3 is 2.46 bits per heavy atom. The number of hydrogen-bond acceptors (Lipinski definition) is 3. The number of nitrogens with zero attached hydrogens (tertiary/aromatic N) is 4. The fourth-order valence-electron chi connectivity index (χ4n) is 5.10. The summed E-state index contributed by atoms with van der Waals surface area (Å²) in [5.74, 6) is 0.693. The maximum atomic E-state index is 13.4. The molecular weight excluding hydrogens is 452 g/mol. The smallest absolute Gasteiger partial charge is 0.297 e. The molecule has 0 aliphatic heterocycles. The lowest BCUT2D eigenvalue weighted by molar-refractivity contribution is 0.443. The highest BCUT2D eigenvalue weighted by Gasteiger charge is 2.18. The Morgan fingerprint density at radius 1 is 1.06 bits per heavy atom. The van der Waals surface area contributed by atoms with Crippen LogP contribution in [0.15, 0.2) is 82.4 Å². The van der Waals surface area contributed by atoms with Crippen LogP contribution < -0.4 is 10.4 Å². The first kappa shape index (κ1) is 23.4. The van der Waals surface area contributed by atoms with Crippen molar-refractivity contribution >= 4 is 17.0 Å². The number of rotatable bonds is 6. The molecule has 0 N–H and O–H groups in total. The summed E-state index contributed by atoms with van der Waals surface area (Å²) < 4.78 is 5.68. The lowest BCUT2D eigenvalue weighted by Gasteiger charge is -2.22. The molecule has 0 saturated heterocycles. The zero-order valence-corrected chi connectivity index (χ0v) is 21.3. The van der Waals surface area contributed by atoms with E-state index in [9.17, 15) is 4.79 Å². The lowest BCUT2D eigenvalue weighted by Crippen LogP contribution is -2.20. The molecule has 5 nitrogen and oxygen atoms in total. The predicted octanol–water partition coefficient (Wildman–Crippen LogP) is 6.48. The maximum Gasteiger partial charge on any atom is 0.297 e. The summed E-state index contributed by atoms with van der Waals surface area (Å²) in [6.07, 6.45) is 8.53. The molecule has 35 heavy (non-hydrogen) atoms. The van der Waals surface area contributed by atoms with Gasteiger partial charge in [-0.25, -0.2) is 9.67 Å². The summed E-state index contributed by atoms with van der Waals surface area (Å²) in [6, 6.07) is 18.7. The van der Waals surface area contributed by atoms with Gasteiger partial charge in [0.05, 0.1) is 17.1 Å². The summed E-state index contributed by atoms with van der Waals surface area (Å²) in [5.41, 5.74) is 5.72. The number of para-hydroxylation sites is 1. The van der Waals surface area contributed by atoms with Gasteiger partial charge < -0.3 is 4.57 Å².